The Morgan fingerprint density at radius 1 is 1.48 bits per heavy atom. The third kappa shape index (κ3) is 3.66. The van der Waals surface area contributed by atoms with E-state index in [1.54, 1.807) is 11.8 Å². The summed E-state index contributed by atoms with van der Waals surface area (Å²) in [4.78, 5) is 22.8. The molecule has 0 saturated heterocycles. The molecule has 7 heteroatoms. The minimum Gasteiger partial charge on any atom is -0.398 e. The van der Waals surface area contributed by atoms with Gasteiger partial charge in [-0.3, -0.25) is 14.9 Å². The van der Waals surface area contributed by atoms with Crippen LogP contribution in [0, 0.1) is 10.1 Å². The zero-order valence-corrected chi connectivity index (χ0v) is 12.7. The summed E-state index contributed by atoms with van der Waals surface area (Å²) in [5.41, 5.74) is 5.61. The van der Waals surface area contributed by atoms with Gasteiger partial charge in [0.2, 0.25) is 0 Å². The highest BCUT2D eigenvalue weighted by atomic mass is 32.2. The van der Waals surface area contributed by atoms with Crippen molar-refractivity contribution in [3.8, 4) is 0 Å². The average molecular weight is 309 g/mol. The summed E-state index contributed by atoms with van der Waals surface area (Å²) in [5, 5.41) is 14.5. The van der Waals surface area contributed by atoms with Crippen LogP contribution < -0.4 is 11.1 Å². The van der Waals surface area contributed by atoms with Gasteiger partial charge in [-0.15, -0.1) is 0 Å². The number of nitrogens with one attached hydrogen (secondary N) is 1. The van der Waals surface area contributed by atoms with Crippen LogP contribution in [-0.4, -0.2) is 28.4 Å². The Morgan fingerprint density at radius 2 is 2.24 bits per heavy atom. The molecular formula is C14H19N3O3S. The summed E-state index contributed by atoms with van der Waals surface area (Å²) >= 11 is 1.80. The van der Waals surface area contributed by atoms with Crippen LogP contribution in [0.15, 0.2) is 18.2 Å². The lowest BCUT2D eigenvalue weighted by Crippen LogP contribution is -2.39. The van der Waals surface area contributed by atoms with E-state index in [4.69, 9.17) is 5.73 Å². The molecule has 0 unspecified atom stereocenters. The molecule has 0 heterocycles. The molecule has 114 valence electrons. The molecule has 1 aliphatic carbocycles. The van der Waals surface area contributed by atoms with Crippen molar-refractivity contribution in [2.24, 2.45) is 0 Å². The normalized spacial score (nSPS) is 21.8. The first-order valence-electron chi connectivity index (χ1n) is 6.89. The largest absolute Gasteiger partial charge is 0.398 e. The van der Waals surface area contributed by atoms with E-state index in [1.807, 2.05) is 0 Å². The fraction of sp³-hybridized carbons (Fsp3) is 0.500. The lowest BCUT2D eigenvalue weighted by molar-refractivity contribution is -0.385. The Labute approximate surface area is 127 Å². The molecule has 1 aliphatic rings. The smallest absolute Gasteiger partial charge is 0.284 e. The number of hydrogen-bond acceptors (Lipinski definition) is 5. The molecule has 3 N–H and O–H groups in total. The molecule has 1 saturated carbocycles. The molecule has 0 aromatic heterocycles. The molecule has 21 heavy (non-hydrogen) atoms. The van der Waals surface area contributed by atoms with Crippen LogP contribution in [0.4, 0.5) is 11.4 Å². The molecule has 1 amide bonds. The van der Waals surface area contributed by atoms with Gasteiger partial charge in [0.15, 0.2) is 0 Å². The number of carbonyl (C=O) groups is 1. The second-order valence-electron chi connectivity index (χ2n) is 5.19. The summed E-state index contributed by atoms with van der Waals surface area (Å²) in [5.74, 6) is -0.452. The van der Waals surface area contributed by atoms with Crippen molar-refractivity contribution >= 4 is 29.0 Å². The van der Waals surface area contributed by atoms with Crippen molar-refractivity contribution in [2.45, 2.75) is 37.0 Å². The van der Waals surface area contributed by atoms with E-state index in [1.165, 1.54) is 18.2 Å². The molecule has 1 aromatic carbocycles. The molecule has 2 rings (SSSR count). The van der Waals surface area contributed by atoms with Crippen LogP contribution >= 0.6 is 11.8 Å². The van der Waals surface area contributed by atoms with Crippen molar-refractivity contribution < 1.29 is 9.72 Å². The minimum absolute atomic E-state index is 0.0335. The van der Waals surface area contributed by atoms with Gasteiger partial charge in [-0.05, 0) is 31.6 Å². The van der Waals surface area contributed by atoms with Gasteiger partial charge < -0.3 is 11.1 Å². The molecule has 0 bridgehead atoms. The monoisotopic (exact) mass is 309 g/mol. The molecule has 0 aliphatic heterocycles. The average Bonchev–Trinajstić information content (AvgIpc) is 2.46. The predicted octanol–water partition coefficient (Wildman–Crippen LogP) is 2.58. The number of carbonyl (C=O) groups excluding carboxylic acids is 1. The number of thioether (sulfide) groups is 1. The maximum atomic E-state index is 12.4. The summed E-state index contributed by atoms with van der Waals surface area (Å²) in [6.45, 7) is 0. The summed E-state index contributed by atoms with van der Waals surface area (Å²) < 4.78 is 0. The maximum Gasteiger partial charge on any atom is 0.284 e. The van der Waals surface area contributed by atoms with Gasteiger partial charge >= 0.3 is 0 Å². The van der Waals surface area contributed by atoms with Crippen LogP contribution in [0.25, 0.3) is 0 Å². The first-order valence-corrected chi connectivity index (χ1v) is 8.18. The second-order valence-corrected chi connectivity index (χ2v) is 6.33. The van der Waals surface area contributed by atoms with E-state index in [9.17, 15) is 14.9 Å². The number of nitrogen functional groups attached to an aromatic ring is 1. The number of nitro groups is 1. The van der Waals surface area contributed by atoms with E-state index in [0.717, 1.165) is 25.7 Å². The maximum absolute atomic E-state index is 12.4. The first kappa shape index (κ1) is 15.6. The van der Waals surface area contributed by atoms with Crippen LogP contribution in [0.2, 0.25) is 0 Å². The summed E-state index contributed by atoms with van der Waals surface area (Å²) in [6, 6.07) is 4.35. The van der Waals surface area contributed by atoms with E-state index in [2.05, 4.69) is 11.6 Å². The van der Waals surface area contributed by atoms with Crippen molar-refractivity contribution in [1.82, 2.24) is 5.32 Å². The minimum atomic E-state index is -0.573. The third-order valence-electron chi connectivity index (χ3n) is 3.79. The number of hydrogen-bond donors (Lipinski definition) is 2. The number of amides is 1. The van der Waals surface area contributed by atoms with Crippen LogP contribution in [-0.2, 0) is 0 Å². The van der Waals surface area contributed by atoms with Gasteiger partial charge in [0.25, 0.3) is 11.6 Å². The number of nitrogens with two attached hydrogens (primary N) is 1. The second kappa shape index (κ2) is 6.80. The highest BCUT2D eigenvalue weighted by Gasteiger charge is 2.27. The van der Waals surface area contributed by atoms with Gasteiger partial charge in [-0.25, -0.2) is 0 Å². The number of benzene rings is 1. The van der Waals surface area contributed by atoms with Gasteiger partial charge in [0.05, 0.1) is 10.6 Å². The number of nitro benzene ring substituents is 1. The third-order valence-corrected chi connectivity index (χ3v) is 4.89. The fourth-order valence-electron chi connectivity index (χ4n) is 2.70. The Kier molecular flexibility index (Phi) is 5.06. The summed E-state index contributed by atoms with van der Waals surface area (Å²) in [7, 11) is 0. The SMILES string of the molecule is CS[C@@H]1CCC[C@@H](NC(=O)c2c(N)cccc2[N+](=O)[O-])C1. The van der Waals surface area contributed by atoms with Crippen molar-refractivity contribution in [3.05, 3.63) is 33.9 Å². The molecular weight excluding hydrogens is 290 g/mol. The van der Waals surface area contributed by atoms with Gasteiger partial charge in [-0.2, -0.15) is 11.8 Å². The quantitative estimate of drug-likeness (QED) is 0.506. The zero-order chi connectivity index (χ0) is 15.4. The Balaban J connectivity index is 2.15. The van der Waals surface area contributed by atoms with Crippen molar-refractivity contribution in [3.63, 3.8) is 0 Å². The predicted molar refractivity (Wildman–Crippen MR) is 84.5 cm³/mol. The molecule has 0 radical (unpaired) electrons. The number of rotatable bonds is 4. The molecule has 1 fully saturated rings. The Bertz CT molecular complexity index is 550. The van der Waals surface area contributed by atoms with Crippen molar-refractivity contribution in [2.75, 3.05) is 12.0 Å². The highest BCUT2D eigenvalue weighted by molar-refractivity contribution is 7.99. The Hall–Kier alpha value is -1.76. The van der Waals surface area contributed by atoms with E-state index < -0.39 is 10.8 Å². The Morgan fingerprint density at radius 3 is 2.90 bits per heavy atom. The van der Waals surface area contributed by atoms with Gasteiger partial charge in [-0.1, -0.05) is 12.5 Å². The number of nitrogens with zero attached hydrogens (tertiary/aromatic N) is 1. The standard InChI is InChI=1S/C14H19N3O3S/c1-21-10-5-2-4-9(8-10)16-14(18)13-11(15)6-3-7-12(13)17(19)20/h3,6-7,9-10H,2,4-5,8,15H2,1H3,(H,16,18)/t9-,10-/m1/s1. The zero-order valence-electron chi connectivity index (χ0n) is 11.9. The lowest BCUT2D eigenvalue weighted by atomic mass is 9.94. The molecule has 2 atom stereocenters. The molecule has 1 aromatic rings. The highest BCUT2D eigenvalue weighted by Crippen LogP contribution is 2.28. The van der Waals surface area contributed by atoms with E-state index in [0.29, 0.717) is 5.25 Å². The van der Waals surface area contributed by atoms with Gasteiger partial charge in [0.1, 0.15) is 5.56 Å². The van der Waals surface area contributed by atoms with Crippen LogP contribution in [0.1, 0.15) is 36.0 Å². The fourth-order valence-corrected chi connectivity index (χ4v) is 3.53. The van der Waals surface area contributed by atoms with E-state index in [-0.39, 0.29) is 23.0 Å². The van der Waals surface area contributed by atoms with Crippen LogP contribution in [0.5, 0.6) is 0 Å². The van der Waals surface area contributed by atoms with Crippen molar-refractivity contribution in [1.29, 1.82) is 0 Å². The topological polar surface area (TPSA) is 98.3 Å². The molecule has 0 spiro atoms. The van der Waals surface area contributed by atoms with Gasteiger partial charge in [0, 0.05) is 17.4 Å². The lowest BCUT2D eigenvalue weighted by Gasteiger charge is -2.28. The van der Waals surface area contributed by atoms with Crippen LogP contribution in [0.3, 0.4) is 0 Å². The summed E-state index contributed by atoms with van der Waals surface area (Å²) in [6.07, 6.45) is 6.08. The number of anilines is 1. The first-order chi connectivity index (χ1) is 10.0. The molecule has 6 nitrogen and oxygen atoms in total. The van der Waals surface area contributed by atoms with E-state index >= 15 is 0 Å².